The lowest BCUT2D eigenvalue weighted by Gasteiger charge is -2.46. The Morgan fingerprint density at radius 3 is 2.21 bits per heavy atom. The van der Waals surface area contributed by atoms with Crippen molar-refractivity contribution in [2.75, 3.05) is 33.9 Å². The molecule has 0 aromatic rings. The summed E-state index contributed by atoms with van der Waals surface area (Å²) in [4.78, 5) is 2.70. The molecular weight excluding hydrogens is 236 g/mol. The molecule has 2 unspecified atom stereocenters. The molecule has 3 heteroatoms. The van der Waals surface area contributed by atoms with Crippen LogP contribution in [0.15, 0.2) is 0 Å². The maximum atomic E-state index is 5.24. The van der Waals surface area contributed by atoms with E-state index < -0.39 is 0 Å². The highest BCUT2D eigenvalue weighted by Gasteiger charge is 2.37. The van der Waals surface area contributed by atoms with Crippen molar-refractivity contribution in [3.05, 3.63) is 0 Å². The van der Waals surface area contributed by atoms with Gasteiger partial charge in [-0.15, -0.1) is 0 Å². The van der Waals surface area contributed by atoms with E-state index in [1.54, 1.807) is 7.11 Å². The lowest BCUT2D eigenvalue weighted by atomic mass is 9.82. The van der Waals surface area contributed by atoms with Crippen LogP contribution in [0.25, 0.3) is 0 Å². The maximum absolute atomic E-state index is 5.24. The van der Waals surface area contributed by atoms with Crippen molar-refractivity contribution in [2.45, 2.75) is 64.5 Å². The maximum Gasteiger partial charge on any atom is 0.0465 e. The zero-order chi connectivity index (χ0) is 14.3. The van der Waals surface area contributed by atoms with E-state index in [-0.39, 0.29) is 5.54 Å². The number of ether oxygens (including phenoxy) is 1. The molecule has 0 radical (unpaired) electrons. The van der Waals surface area contributed by atoms with Crippen molar-refractivity contribution >= 4 is 0 Å². The van der Waals surface area contributed by atoms with Gasteiger partial charge in [-0.05, 0) is 59.2 Å². The minimum absolute atomic E-state index is 0.215. The van der Waals surface area contributed by atoms with Crippen LogP contribution in [-0.2, 0) is 4.74 Å². The Morgan fingerprint density at radius 1 is 1.16 bits per heavy atom. The van der Waals surface area contributed by atoms with E-state index in [2.05, 4.69) is 38.0 Å². The molecule has 0 aliphatic carbocycles. The minimum Gasteiger partial charge on any atom is -0.385 e. The molecule has 1 rings (SSSR count). The van der Waals surface area contributed by atoms with E-state index in [1.807, 2.05) is 0 Å². The fraction of sp³-hybridized carbons (Fsp3) is 1.00. The average molecular weight is 270 g/mol. The molecule has 1 fully saturated rings. The zero-order valence-electron chi connectivity index (χ0n) is 13.7. The predicted octanol–water partition coefficient (Wildman–Crippen LogP) is 2.90. The Morgan fingerprint density at radius 2 is 1.74 bits per heavy atom. The van der Waals surface area contributed by atoms with Gasteiger partial charge in [0.05, 0.1) is 0 Å². The van der Waals surface area contributed by atoms with Gasteiger partial charge in [0.2, 0.25) is 0 Å². The number of nitrogens with zero attached hydrogens (tertiary/aromatic N) is 1. The summed E-state index contributed by atoms with van der Waals surface area (Å²) in [5.41, 5.74) is 0.215. The Labute approximate surface area is 120 Å². The third-order valence-corrected chi connectivity index (χ3v) is 4.84. The van der Waals surface area contributed by atoms with Crippen LogP contribution < -0.4 is 5.32 Å². The molecule has 0 aromatic carbocycles. The molecule has 1 heterocycles. The highest BCUT2D eigenvalue weighted by Crippen LogP contribution is 2.28. The summed E-state index contributed by atoms with van der Waals surface area (Å²) in [5, 5.41) is 3.57. The molecule has 0 aromatic heterocycles. The minimum atomic E-state index is 0.215. The summed E-state index contributed by atoms with van der Waals surface area (Å²) in [6.07, 6.45) is 6.63. The molecule has 19 heavy (non-hydrogen) atoms. The number of nitrogens with one attached hydrogen (secondary N) is 1. The van der Waals surface area contributed by atoms with Crippen LogP contribution in [0.3, 0.4) is 0 Å². The van der Waals surface area contributed by atoms with Crippen molar-refractivity contribution in [3.8, 4) is 0 Å². The SMILES string of the molecule is CNC(C(C)CCOC)C(C)(C)N1CCCCCC1. The molecule has 3 nitrogen and oxygen atoms in total. The molecule has 1 saturated heterocycles. The number of methoxy groups -OCH3 is 1. The number of hydrogen-bond acceptors (Lipinski definition) is 3. The van der Waals surface area contributed by atoms with E-state index in [9.17, 15) is 0 Å². The Balaban J connectivity index is 2.68. The summed E-state index contributed by atoms with van der Waals surface area (Å²) >= 11 is 0. The first kappa shape index (κ1) is 16.9. The second-order valence-corrected chi connectivity index (χ2v) is 6.58. The van der Waals surface area contributed by atoms with Gasteiger partial charge in [0, 0.05) is 25.3 Å². The number of rotatable bonds is 7. The van der Waals surface area contributed by atoms with Crippen molar-refractivity contribution in [1.29, 1.82) is 0 Å². The largest absolute Gasteiger partial charge is 0.385 e. The topological polar surface area (TPSA) is 24.5 Å². The van der Waals surface area contributed by atoms with Gasteiger partial charge in [-0.2, -0.15) is 0 Å². The van der Waals surface area contributed by atoms with E-state index in [0.717, 1.165) is 13.0 Å². The number of likely N-dealkylation sites (N-methyl/N-ethyl adjacent to an activating group) is 1. The molecule has 1 aliphatic heterocycles. The van der Waals surface area contributed by atoms with E-state index in [4.69, 9.17) is 4.74 Å². The van der Waals surface area contributed by atoms with Gasteiger partial charge in [-0.3, -0.25) is 4.90 Å². The molecule has 0 amide bonds. The summed E-state index contributed by atoms with van der Waals surface area (Å²) in [7, 11) is 3.90. The monoisotopic (exact) mass is 270 g/mol. The predicted molar refractivity (Wildman–Crippen MR) is 82.6 cm³/mol. The first-order valence-corrected chi connectivity index (χ1v) is 7.95. The Hall–Kier alpha value is -0.120. The van der Waals surface area contributed by atoms with Crippen LogP contribution in [0, 0.1) is 5.92 Å². The lowest BCUT2D eigenvalue weighted by Crippen LogP contribution is -2.59. The second kappa shape index (κ2) is 8.23. The third-order valence-electron chi connectivity index (χ3n) is 4.84. The van der Waals surface area contributed by atoms with Crippen LogP contribution in [0.4, 0.5) is 0 Å². The third kappa shape index (κ3) is 4.73. The van der Waals surface area contributed by atoms with Gasteiger partial charge in [0.1, 0.15) is 0 Å². The van der Waals surface area contributed by atoms with Gasteiger partial charge in [-0.1, -0.05) is 19.8 Å². The standard InChI is InChI=1S/C16H34N2O/c1-14(10-13-19-5)15(17-4)16(2,3)18-11-8-6-7-9-12-18/h14-15,17H,6-13H2,1-5H3. The first-order chi connectivity index (χ1) is 9.04. The fourth-order valence-corrected chi connectivity index (χ4v) is 3.65. The van der Waals surface area contributed by atoms with Crippen LogP contribution in [0.5, 0.6) is 0 Å². The van der Waals surface area contributed by atoms with Gasteiger partial charge in [0.25, 0.3) is 0 Å². The smallest absolute Gasteiger partial charge is 0.0465 e. The fourth-order valence-electron chi connectivity index (χ4n) is 3.65. The molecule has 0 saturated carbocycles. The van der Waals surface area contributed by atoms with Gasteiger partial charge < -0.3 is 10.1 Å². The molecule has 1 aliphatic rings. The van der Waals surface area contributed by atoms with Crippen LogP contribution in [0.2, 0.25) is 0 Å². The highest BCUT2D eigenvalue weighted by molar-refractivity contribution is 4.96. The molecule has 114 valence electrons. The molecule has 2 atom stereocenters. The van der Waals surface area contributed by atoms with Crippen LogP contribution in [-0.4, -0.2) is 50.3 Å². The average Bonchev–Trinajstić information content (AvgIpc) is 2.66. The quantitative estimate of drug-likeness (QED) is 0.770. The molecule has 0 bridgehead atoms. The van der Waals surface area contributed by atoms with Crippen molar-refractivity contribution < 1.29 is 4.74 Å². The molecular formula is C16H34N2O. The van der Waals surface area contributed by atoms with E-state index in [1.165, 1.54) is 38.8 Å². The van der Waals surface area contributed by atoms with Gasteiger partial charge in [-0.25, -0.2) is 0 Å². The van der Waals surface area contributed by atoms with E-state index >= 15 is 0 Å². The van der Waals surface area contributed by atoms with Crippen molar-refractivity contribution in [2.24, 2.45) is 5.92 Å². The Kier molecular flexibility index (Phi) is 7.33. The molecule has 1 N–H and O–H groups in total. The summed E-state index contributed by atoms with van der Waals surface area (Å²) in [5.74, 6) is 0.628. The Bertz CT molecular complexity index is 235. The van der Waals surface area contributed by atoms with Crippen LogP contribution in [0.1, 0.15) is 52.9 Å². The summed E-state index contributed by atoms with van der Waals surface area (Å²) in [6.45, 7) is 10.5. The van der Waals surface area contributed by atoms with Crippen molar-refractivity contribution in [1.82, 2.24) is 10.2 Å². The van der Waals surface area contributed by atoms with Crippen LogP contribution >= 0.6 is 0 Å². The summed E-state index contributed by atoms with van der Waals surface area (Å²) in [6, 6.07) is 0.515. The van der Waals surface area contributed by atoms with Gasteiger partial charge >= 0.3 is 0 Å². The zero-order valence-corrected chi connectivity index (χ0v) is 13.7. The number of hydrogen-bond donors (Lipinski definition) is 1. The summed E-state index contributed by atoms with van der Waals surface area (Å²) < 4.78 is 5.24. The molecule has 0 spiro atoms. The first-order valence-electron chi connectivity index (χ1n) is 7.95. The van der Waals surface area contributed by atoms with Crippen molar-refractivity contribution in [3.63, 3.8) is 0 Å². The van der Waals surface area contributed by atoms with Gasteiger partial charge in [0.15, 0.2) is 0 Å². The van der Waals surface area contributed by atoms with E-state index in [0.29, 0.717) is 12.0 Å². The number of likely N-dealkylation sites (tertiary alicyclic amines) is 1. The lowest BCUT2D eigenvalue weighted by molar-refractivity contribution is 0.0562. The highest BCUT2D eigenvalue weighted by atomic mass is 16.5. The second-order valence-electron chi connectivity index (χ2n) is 6.58. The normalized spacial score (nSPS) is 21.9.